The minimum Gasteiger partial charge on any atom is -0.508 e. The van der Waals surface area contributed by atoms with Gasteiger partial charge in [-0.3, -0.25) is 0 Å². The zero-order valence-corrected chi connectivity index (χ0v) is 11.8. The highest BCUT2D eigenvalue weighted by Gasteiger charge is 2.27. The van der Waals surface area contributed by atoms with Crippen molar-refractivity contribution in [2.24, 2.45) is 15.3 Å². The number of nitrogens with zero attached hydrogens (tertiary/aromatic N) is 4. The standard InChI is InChI=1S/C15H12N4OS/c20-13-8-6-11(7-9-13)10-16-19-14(17-18-15(19)21)12-4-2-1-3-5-12/h1-10,14,20H. The lowest BCUT2D eigenvalue weighted by Crippen LogP contribution is -2.21. The summed E-state index contributed by atoms with van der Waals surface area (Å²) in [5.74, 6) is 0.219. The summed E-state index contributed by atoms with van der Waals surface area (Å²) in [5, 5.41) is 23.6. The first-order chi connectivity index (χ1) is 10.2. The van der Waals surface area contributed by atoms with Crippen LogP contribution in [-0.4, -0.2) is 21.4 Å². The van der Waals surface area contributed by atoms with Gasteiger partial charge in [0, 0.05) is 5.56 Å². The minimum absolute atomic E-state index is 0.219. The van der Waals surface area contributed by atoms with Gasteiger partial charge in [-0.2, -0.15) is 10.2 Å². The second-order valence-corrected chi connectivity index (χ2v) is 4.83. The lowest BCUT2D eigenvalue weighted by molar-refractivity contribution is 0.367. The molecule has 2 aromatic rings. The van der Waals surface area contributed by atoms with Gasteiger partial charge >= 0.3 is 0 Å². The fourth-order valence-corrected chi connectivity index (χ4v) is 2.13. The maximum absolute atomic E-state index is 9.26. The number of azo groups is 1. The highest BCUT2D eigenvalue weighted by atomic mass is 32.1. The van der Waals surface area contributed by atoms with E-state index < -0.39 is 0 Å². The number of hydrogen-bond donors (Lipinski definition) is 1. The van der Waals surface area contributed by atoms with Crippen LogP contribution in [0.15, 0.2) is 69.9 Å². The van der Waals surface area contributed by atoms with Crippen molar-refractivity contribution in [3.63, 3.8) is 0 Å². The van der Waals surface area contributed by atoms with E-state index in [9.17, 15) is 5.11 Å². The molecule has 104 valence electrons. The first-order valence-electron chi connectivity index (χ1n) is 6.36. The molecule has 0 bridgehead atoms. The van der Waals surface area contributed by atoms with E-state index in [0.29, 0.717) is 5.11 Å². The summed E-state index contributed by atoms with van der Waals surface area (Å²) in [4.78, 5) is 0. The number of thiocarbonyl (C=S) groups is 1. The van der Waals surface area contributed by atoms with Crippen molar-refractivity contribution in [3.05, 3.63) is 65.7 Å². The van der Waals surface area contributed by atoms with Crippen molar-refractivity contribution in [1.29, 1.82) is 0 Å². The summed E-state index contributed by atoms with van der Waals surface area (Å²) in [7, 11) is 0. The van der Waals surface area contributed by atoms with Gasteiger partial charge in [-0.1, -0.05) is 30.3 Å². The van der Waals surface area contributed by atoms with Crippen molar-refractivity contribution in [2.75, 3.05) is 0 Å². The quantitative estimate of drug-likeness (QED) is 0.697. The summed E-state index contributed by atoms with van der Waals surface area (Å²) in [6.07, 6.45) is 1.34. The van der Waals surface area contributed by atoms with Crippen LogP contribution in [0.4, 0.5) is 0 Å². The SMILES string of the molecule is Oc1ccc(C=NN2C(=S)N=NC2c2ccccc2)cc1. The third-order valence-electron chi connectivity index (χ3n) is 3.00. The van der Waals surface area contributed by atoms with Crippen LogP contribution < -0.4 is 0 Å². The number of hydrazone groups is 1. The monoisotopic (exact) mass is 296 g/mol. The van der Waals surface area contributed by atoms with Crippen LogP contribution >= 0.6 is 12.2 Å². The summed E-state index contributed by atoms with van der Waals surface area (Å²) in [6.45, 7) is 0. The smallest absolute Gasteiger partial charge is 0.238 e. The van der Waals surface area contributed by atoms with Crippen LogP contribution in [0.3, 0.4) is 0 Å². The van der Waals surface area contributed by atoms with Gasteiger partial charge < -0.3 is 5.11 Å². The number of phenolic OH excluding ortho intramolecular Hbond substituents is 1. The predicted molar refractivity (Wildman–Crippen MR) is 84.2 cm³/mol. The van der Waals surface area contributed by atoms with Gasteiger partial charge in [0.15, 0.2) is 6.17 Å². The van der Waals surface area contributed by atoms with Crippen LogP contribution in [0, 0.1) is 0 Å². The van der Waals surface area contributed by atoms with E-state index in [0.717, 1.165) is 11.1 Å². The van der Waals surface area contributed by atoms with E-state index in [1.54, 1.807) is 35.5 Å². The average molecular weight is 296 g/mol. The molecule has 6 heteroatoms. The van der Waals surface area contributed by atoms with E-state index >= 15 is 0 Å². The number of rotatable bonds is 3. The average Bonchev–Trinajstić information content (AvgIpc) is 2.89. The van der Waals surface area contributed by atoms with Crippen LogP contribution in [0.5, 0.6) is 5.75 Å². The lowest BCUT2D eigenvalue weighted by atomic mass is 10.2. The Bertz CT molecular complexity index is 697. The summed E-state index contributed by atoms with van der Waals surface area (Å²) < 4.78 is 0. The fourth-order valence-electron chi connectivity index (χ4n) is 1.94. The predicted octanol–water partition coefficient (Wildman–Crippen LogP) is 3.48. The molecule has 5 nitrogen and oxygen atoms in total. The molecule has 3 rings (SSSR count). The maximum Gasteiger partial charge on any atom is 0.238 e. The molecule has 1 aliphatic heterocycles. The molecule has 0 fully saturated rings. The molecule has 1 unspecified atom stereocenters. The van der Waals surface area contributed by atoms with E-state index in [1.165, 1.54) is 0 Å². The highest BCUT2D eigenvalue weighted by Crippen LogP contribution is 2.28. The van der Waals surface area contributed by atoms with Crippen LogP contribution in [0.1, 0.15) is 17.3 Å². The number of phenols is 1. The molecule has 0 aliphatic carbocycles. The van der Waals surface area contributed by atoms with E-state index in [1.807, 2.05) is 30.3 Å². The Kier molecular flexibility index (Phi) is 3.70. The van der Waals surface area contributed by atoms with Gasteiger partial charge in [0.25, 0.3) is 0 Å². The maximum atomic E-state index is 9.26. The second kappa shape index (κ2) is 5.80. The van der Waals surface area contributed by atoms with Gasteiger partial charge in [0.1, 0.15) is 5.75 Å². The molecule has 2 aromatic carbocycles. The molecule has 0 saturated heterocycles. The van der Waals surface area contributed by atoms with Crippen LogP contribution in [-0.2, 0) is 0 Å². The molecule has 1 N–H and O–H groups in total. The van der Waals surface area contributed by atoms with E-state index in [2.05, 4.69) is 15.3 Å². The fraction of sp³-hybridized carbons (Fsp3) is 0.0667. The van der Waals surface area contributed by atoms with E-state index in [4.69, 9.17) is 12.2 Å². The van der Waals surface area contributed by atoms with Crippen molar-refractivity contribution in [1.82, 2.24) is 5.01 Å². The number of aromatic hydroxyl groups is 1. The molecule has 0 saturated carbocycles. The van der Waals surface area contributed by atoms with Crippen molar-refractivity contribution in [3.8, 4) is 5.75 Å². The van der Waals surface area contributed by atoms with Crippen molar-refractivity contribution < 1.29 is 5.11 Å². The highest BCUT2D eigenvalue weighted by molar-refractivity contribution is 7.80. The van der Waals surface area contributed by atoms with Gasteiger partial charge in [0.2, 0.25) is 5.11 Å². The topological polar surface area (TPSA) is 60.6 Å². The second-order valence-electron chi connectivity index (χ2n) is 4.46. The Morgan fingerprint density at radius 2 is 1.81 bits per heavy atom. The molecule has 1 atom stereocenters. The number of benzene rings is 2. The lowest BCUT2D eigenvalue weighted by Gasteiger charge is -2.17. The van der Waals surface area contributed by atoms with E-state index in [-0.39, 0.29) is 11.9 Å². The molecular formula is C15H12N4OS. The Hall–Kier alpha value is -2.60. The summed E-state index contributed by atoms with van der Waals surface area (Å²) in [6, 6.07) is 16.5. The molecular weight excluding hydrogens is 284 g/mol. The van der Waals surface area contributed by atoms with Gasteiger partial charge in [-0.25, -0.2) is 5.01 Å². The molecule has 0 spiro atoms. The van der Waals surface area contributed by atoms with Gasteiger partial charge in [0.05, 0.1) is 6.21 Å². The van der Waals surface area contributed by atoms with Crippen LogP contribution in [0.2, 0.25) is 0 Å². The number of hydrogen-bond acceptors (Lipinski definition) is 4. The van der Waals surface area contributed by atoms with Gasteiger partial charge in [-0.05, 0) is 42.0 Å². The summed E-state index contributed by atoms with van der Waals surface area (Å²) >= 11 is 5.17. The Morgan fingerprint density at radius 3 is 2.52 bits per heavy atom. The molecule has 1 aliphatic rings. The van der Waals surface area contributed by atoms with Crippen LogP contribution in [0.25, 0.3) is 0 Å². The van der Waals surface area contributed by atoms with Gasteiger partial charge in [-0.15, -0.1) is 5.11 Å². The molecule has 21 heavy (non-hydrogen) atoms. The third-order valence-corrected chi connectivity index (χ3v) is 3.27. The molecule has 0 radical (unpaired) electrons. The Labute approximate surface area is 127 Å². The zero-order valence-electron chi connectivity index (χ0n) is 11.0. The van der Waals surface area contributed by atoms with Crippen molar-refractivity contribution >= 4 is 23.5 Å². The Balaban J connectivity index is 1.83. The largest absolute Gasteiger partial charge is 0.508 e. The zero-order chi connectivity index (χ0) is 14.7. The Morgan fingerprint density at radius 1 is 1.10 bits per heavy atom. The minimum atomic E-state index is -0.327. The third kappa shape index (κ3) is 2.95. The van der Waals surface area contributed by atoms with Crippen molar-refractivity contribution in [2.45, 2.75) is 6.17 Å². The summed E-state index contributed by atoms with van der Waals surface area (Å²) in [5.41, 5.74) is 1.83. The first-order valence-corrected chi connectivity index (χ1v) is 6.77. The molecule has 1 heterocycles. The molecule has 0 amide bonds. The normalized spacial score (nSPS) is 17.8. The first kappa shape index (κ1) is 13.4. The molecule has 0 aromatic heterocycles.